The van der Waals surface area contributed by atoms with E-state index in [-0.39, 0.29) is 6.03 Å². The van der Waals surface area contributed by atoms with Gasteiger partial charge in [0.1, 0.15) is 0 Å². The zero-order chi connectivity index (χ0) is 19.6. The van der Waals surface area contributed by atoms with Crippen LogP contribution >= 0.6 is 0 Å². The third kappa shape index (κ3) is 4.31. The molecule has 1 atom stereocenters. The van der Waals surface area contributed by atoms with E-state index in [2.05, 4.69) is 27.5 Å². The molecule has 7 heteroatoms. The maximum Gasteiger partial charge on any atom is 0.338 e. The van der Waals surface area contributed by atoms with Crippen molar-refractivity contribution in [1.29, 1.82) is 0 Å². The minimum atomic E-state index is -0.520. The van der Waals surface area contributed by atoms with E-state index in [1.54, 1.807) is 0 Å². The molecule has 0 unspecified atom stereocenters. The van der Waals surface area contributed by atoms with Crippen LogP contribution in [0.3, 0.4) is 0 Å². The average molecular weight is 372 g/mol. The Bertz CT molecular complexity index is 766. The van der Waals surface area contributed by atoms with Gasteiger partial charge in [0.15, 0.2) is 0 Å². The van der Waals surface area contributed by atoms with Crippen molar-refractivity contribution < 1.29 is 14.3 Å². The highest BCUT2D eigenvalue weighted by atomic mass is 16.5. The van der Waals surface area contributed by atoms with Crippen LogP contribution in [0.4, 0.5) is 4.79 Å². The predicted molar refractivity (Wildman–Crippen MR) is 103 cm³/mol. The topological polar surface area (TPSA) is 73.9 Å². The van der Waals surface area contributed by atoms with Gasteiger partial charge in [-0.05, 0) is 32.0 Å². The normalized spacial score (nSPS) is 21.6. The molecule has 0 aromatic heterocycles. The summed E-state index contributed by atoms with van der Waals surface area (Å²) in [6, 6.07) is 5.23. The summed E-state index contributed by atoms with van der Waals surface area (Å²) in [4.78, 5) is 29.6. The molecular formula is C20H28N4O3. The molecule has 0 saturated carbocycles. The van der Waals surface area contributed by atoms with E-state index in [0.29, 0.717) is 17.8 Å². The van der Waals surface area contributed by atoms with Crippen LogP contribution in [0.2, 0.25) is 0 Å². The van der Waals surface area contributed by atoms with Crippen LogP contribution in [-0.4, -0.2) is 68.7 Å². The van der Waals surface area contributed by atoms with Crippen molar-refractivity contribution >= 4 is 12.0 Å². The third-order valence-corrected chi connectivity index (χ3v) is 5.28. The molecule has 2 N–H and O–H groups in total. The van der Waals surface area contributed by atoms with Gasteiger partial charge in [-0.15, -0.1) is 0 Å². The summed E-state index contributed by atoms with van der Waals surface area (Å²) in [6.45, 7) is 8.22. The van der Waals surface area contributed by atoms with Crippen molar-refractivity contribution in [1.82, 2.24) is 20.4 Å². The Morgan fingerprint density at radius 3 is 2.59 bits per heavy atom. The lowest BCUT2D eigenvalue weighted by Crippen LogP contribution is -2.51. The number of methoxy groups -OCH3 is 1. The van der Waals surface area contributed by atoms with Gasteiger partial charge in [0.2, 0.25) is 0 Å². The second-order valence-corrected chi connectivity index (χ2v) is 7.35. The van der Waals surface area contributed by atoms with Gasteiger partial charge >= 0.3 is 12.0 Å². The molecule has 2 aliphatic rings. The number of carbonyl (C=O) groups excluding carboxylic acids is 2. The van der Waals surface area contributed by atoms with Crippen molar-refractivity contribution in [2.45, 2.75) is 19.9 Å². The summed E-state index contributed by atoms with van der Waals surface area (Å²) in [5.41, 5.74) is 4.12. The molecule has 0 aliphatic carbocycles. The number of piperazine rings is 1. The number of rotatable bonds is 4. The van der Waals surface area contributed by atoms with Crippen LogP contribution in [0.1, 0.15) is 22.7 Å². The second kappa shape index (κ2) is 8.10. The van der Waals surface area contributed by atoms with Crippen LogP contribution in [0.5, 0.6) is 0 Å². The van der Waals surface area contributed by atoms with Crippen molar-refractivity contribution in [3.63, 3.8) is 0 Å². The number of benzene rings is 1. The van der Waals surface area contributed by atoms with E-state index < -0.39 is 12.0 Å². The largest absolute Gasteiger partial charge is 0.466 e. The summed E-state index contributed by atoms with van der Waals surface area (Å²) in [5, 5.41) is 5.75. The molecule has 1 aromatic rings. The number of esters is 1. The molecule has 1 fully saturated rings. The number of nitrogens with zero attached hydrogens (tertiary/aromatic N) is 2. The van der Waals surface area contributed by atoms with E-state index >= 15 is 0 Å². The van der Waals surface area contributed by atoms with Crippen LogP contribution in [0, 0.1) is 13.8 Å². The van der Waals surface area contributed by atoms with Crippen LogP contribution in [-0.2, 0) is 9.53 Å². The average Bonchev–Trinajstić information content (AvgIpc) is 2.64. The van der Waals surface area contributed by atoms with Crippen LogP contribution in [0.15, 0.2) is 29.5 Å². The summed E-state index contributed by atoms with van der Waals surface area (Å²) in [5.74, 6) is -0.419. The van der Waals surface area contributed by atoms with E-state index in [4.69, 9.17) is 4.74 Å². The first-order valence-corrected chi connectivity index (χ1v) is 9.26. The minimum Gasteiger partial charge on any atom is -0.466 e. The Labute approximate surface area is 160 Å². The van der Waals surface area contributed by atoms with E-state index in [1.807, 2.05) is 32.0 Å². The van der Waals surface area contributed by atoms with Gasteiger partial charge in [0.25, 0.3) is 0 Å². The number of hydrogen-bond donors (Lipinski definition) is 2. The van der Waals surface area contributed by atoms with Gasteiger partial charge in [0, 0.05) is 38.4 Å². The highest BCUT2D eigenvalue weighted by Crippen LogP contribution is 2.30. The maximum absolute atomic E-state index is 12.7. The number of carbonyl (C=O) groups is 2. The molecule has 2 amide bonds. The molecule has 146 valence electrons. The smallest absolute Gasteiger partial charge is 0.338 e. The van der Waals surface area contributed by atoms with Crippen molar-refractivity contribution in [3.8, 4) is 0 Å². The van der Waals surface area contributed by atoms with Gasteiger partial charge in [-0.3, -0.25) is 4.90 Å². The molecule has 2 heterocycles. The maximum atomic E-state index is 12.7. The quantitative estimate of drug-likeness (QED) is 0.780. The van der Waals surface area contributed by atoms with Gasteiger partial charge in [-0.25, -0.2) is 9.59 Å². The molecular weight excluding hydrogens is 344 g/mol. The summed E-state index contributed by atoms with van der Waals surface area (Å²) < 4.78 is 5.07. The Morgan fingerprint density at radius 1 is 1.22 bits per heavy atom. The number of ether oxygens (including phenoxy) is 1. The third-order valence-electron chi connectivity index (χ3n) is 5.28. The monoisotopic (exact) mass is 372 g/mol. The predicted octanol–water partition coefficient (Wildman–Crippen LogP) is 1.33. The van der Waals surface area contributed by atoms with Crippen LogP contribution < -0.4 is 10.6 Å². The molecule has 1 aromatic carbocycles. The second-order valence-electron chi connectivity index (χ2n) is 7.35. The summed E-state index contributed by atoms with van der Waals surface area (Å²) >= 11 is 0. The first-order chi connectivity index (χ1) is 12.9. The lowest BCUT2D eigenvalue weighted by atomic mass is 9.91. The lowest BCUT2D eigenvalue weighted by Gasteiger charge is -2.36. The standard InChI is InChI=1S/C20H28N4O3/c1-13-5-6-14(2)15(11-13)18-17(19(25)27-4)16(21-20(26)22-18)12-24-9-7-23(3)8-10-24/h5-6,11,18H,7-10,12H2,1-4H3,(H2,21,22,26)/t18-/m0/s1. The minimum absolute atomic E-state index is 0.294. The lowest BCUT2D eigenvalue weighted by molar-refractivity contribution is -0.136. The number of nitrogens with one attached hydrogen (secondary N) is 2. The summed E-state index contributed by atoms with van der Waals surface area (Å²) in [6.07, 6.45) is 0. The molecule has 2 aliphatic heterocycles. The zero-order valence-electron chi connectivity index (χ0n) is 16.5. The highest BCUT2D eigenvalue weighted by Gasteiger charge is 2.35. The molecule has 0 spiro atoms. The number of likely N-dealkylation sites (N-methyl/N-ethyl adjacent to an activating group) is 1. The highest BCUT2D eigenvalue weighted by molar-refractivity contribution is 5.95. The first-order valence-electron chi connectivity index (χ1n) is 9.26. The number of amides is 2. The Morgan fingerprint density at radius 2 is 1.93 bits per heavy atom. The Balaban J connectivity index is 1.99. The molecule has 0 radical (unpaired) electrons. The molecule has 1 saturated heterocycles. The fourth-order valence-electron chi connectivity index (χ4n) is 3.63. The SMILES string of the molecule is COC(=O)C1=C(CN2CCN(C)CC2)NC(=O)N[C@H]1c1cc(C)ccc1C. The molecule has 3 rings (SSSR count). The fraction of sp³-hybridized carbons (Fsp3) is 0.500. The number of aryl methyl sites for hydroxylation is 2. The van der Waals surface area contributed by atoms with E-state index in [0.717, 1.165) is 42.9 Å². The Hall–Kier alpha value is -2.38. The Kier molecular flexibility index (Phi) is 5.82. The van der Waals surface area contributed by atoms with Crippen LogP contribution in [0.25, 0.3) is 0 Å². The summed E-state index contributed by atoms with van der Waals surface area (Å²) in [7, 11) is 3.47. The number of hydrogen-bond acceptors (Lipinski definition) is 5. The van der Waals surface area contributed by atoms with Gasteiger partial charge in [0.05, 0.1) is 18.7 Å². The fourth-order valence-corrected chi connectivity index (χ4v) is 3.63. The van der Waals surface area contributed by atoms with E-state index in [1.165, 1.54) is 7.11 Å². The first kappa shape index (κ1) is 19.4. The molecule has 7 nitrogen and oxygen atoms in total. The van der Waals surface area contributed by atoms with Crippen molar-refractivity contribution in [2.24, 2.45) is 0 Å². The van der Waals surface area contributed by atoms with Gasteiger partial charge in [-0.1, -0.05) is 23.8 Å². The number of urea groups is 1. The molecule has 0 bridgehead atoms. The molecule has 27 heavy (non-hydrogen) atoms. The van der Waals surface area contributed by atoms with E-state index in [9.17, 15) is 9.59 Å². The van der Waals surface area contributed by atoms with Gasteiger partial charge < -0.3 is 20.3 Å². The van der Waals surface area contributed by atoms with Crippen molar-refractivity contribution in [2.75, 3.05) is 46.9 Å². The zero-order valence-corrected chi connectivity index (χ0v) is 16.5. The van der Waals surface area contributed by atoms with Crippen molar-refractivity contribution in [3.05, 3.63) is 46.2 Å². The van der Waals surface area contributed by atoms with Gasteiger partial charge in [-0.2, -0.15) is 0 Å².